The van der Waals surface area contributed by atoms with Crippen LogP contribution in [-0.2, 0) is 0 Å². The molecule has 0 unspecified atom stereocenters. The summed E-state index contributed by atoms with van der Waals surface area (Å²) in [5.41, 5.74) is 2.89. The highest BCUT2D eigenvalue weighted by molar-refractivity contribution is 5.37. The minimum absolute atomic E-state index is 0.769. The molecule has 0 radical (unpaired) electrons. The average molecular weight is 371 g/mol. The SMILES string of the molecule is CCC[C@H]1CC[C@H](COc2ccc([C@H]3CC[C@H](CCC)CC3)cc2C)CC1. The van der Waals surface area contributed by atoms with Crippen molar-refractivity contribution in [1.29, 1.82) is 0 Å². The van der Waals surface area contributed by atoms with E-state index in [4.69, 9.17) is 4.74 Å². The summed E-state index contributed by atoms with van der Waals surface area (Å²) in [6.07, 6.45) is 16.7. The smallest absolute Gasteiger partial charge is 0.122 e. The fraction of sp³-hybridized carbons (Fsp3) is 0.769. The molecule has 2 saturated carbocycles. The summed E-state index contributed by atoms with van der Waals surface area (Å²) in [5, 5.41) is 0. The zero-order valence-electron chi connectivity index (χ0n) is 18.1. The maximum absolute atomic E-state index is 6.26. The van der Waals surface area contributed by atoms with Crippen molar-refractivity contribution in [2.45, 2.75) is 104 Å². The van der Waals surface area contributed by atoms with Gasteiger partial charge in [-0.05, 0) is 86.3 Å². The zero-order chi connectivity index (χ0) is 19.1. The van der Waals surface area contributed by atoms with E-state index < -0.39 is 0 Å². The van der Waals surface area contributed by atoms with Crippen molar-refractivity contribution in [3.8, 4) is 5.75 Å². The van der Waals surface area contributed by atoms with Crippen LogP contribution >= 0.6 is 0 Å². The lowest BCUT2D eigenvalue weighted by Crippen LogP contribution is -2.20. The predicted octanol–water partition coefficient (Wildman–Crippen LogP) is 8.05. The van der Waals surface area contributed by atoms with Gasteiger partial charge in [0.1, 0.15) is 5.75 Å². The Bertz CT molecular complexity index is 547. The Kier molecular flexibility index (Phi) is 8.09. The number of rotatable bonds is 8. The second-order valence-electron chi connectivity index (χ2n) is 9.52. The van der Waals surface area contributed by atoms with Gasteiger partial charge in [0.2, 0.25) is 0 Å². The van der Waals surface area contributed by atoms with Crippen molar-refractivity contribution in [1.82, 2.24) is 0 Å². The van der Waals surface area contributed by atoms with Gasteiger partial charge < -0.3 is 4.74 Å². The van der Waals surface area contributed by atoms with Crippen molar-refractivity contribution >= 4 is 0 Å². The second kappa shape index (κ2) is 10.5. The van der Waals surface area contributed by atoms with Crippen LogP contribution < -0.4 is 4.74 Å². The number of benzene rings is 1. The van der Waals surface area contributed by atoms with Crippen LogP contribution in [0.2, 0.25) is 0 Å². The van der Waals surface area contributed by atoms with Gasteiger partial charge in [0.25, 0.3) is 0 Å². The third-order valence-corrected chi connectivity index (χ3v) is 7.35. The molecule has 152 valence electrons. The highest BCUT2D eigenvalue weighted by atomic mass is 16.5. The first-order valence-corrected chi connectivity index (χ1v) is 11.9. The van der Waals surface area contributed by atoms with Crippen LogP contribution in [-0.4, -0.2) is 6.61 Å². The molecule has 0 amide bonds. The summed E-state index contributed by atoms with van der Waals surface area (Å²) in [6.45, 7) is 7.80. The van der Waals surface area contributed by atoms with Crippen LogP contribution in [0.3, 0.4) is 0 Å². The molecule has 1 aromatic carbocycles. The lowest BCUT2D eigenvalue weighted by Gasteiger charge is -2.29. The molecule has 0 aliphatic heterocycles. The Labute approximate surface area is 168 Å². The minimum atomic E-state index is 0.769. The summed E-state index contributed by atoms with van der Waals surface area (Å²) in [4.78, 5) is 0. The molecule has 2 fully saturated rings. The summed E-state index contributed by atoms with van der Waals surface area (Å²) < 4.78 is 6.26. The molecule has 1 nitrogen and oxygen atoms in total. The van der Waals surface area contributed by atoms with Gasteiger partial charge in [0, 0.05) is 0 Å². The Morgan fingerprint density at radius 2 is 1.33 bits per heavy atom. The van der Waals surface area contributed by atoms with Gasteiger partial charge in [-0.15, -0.1) is 0 Å². The van der Waals surface area contributed by atoms with E-state index in [2.05, 4.69) is 39.0 Å². The second-order valence-corrected chi connectivity index (χ2v) is 9.52. The summed E-state index contributed by atoms with van der Waals surface area (Å²) in [7, 11) is 0. The van der Waals surface area contributed by atoms with E-state index >= 15 is 0 Å². The van der Waals surface area contributed by atoms with Crippen molar-refractivity contribution < 1.29 is 4.74 Å². The largest absolute Gasteiger partial charge is 0.493 e. The van der Waals surface area contributed by atoms with Gasteiger partial charge >= 0.3 is 0 Å². The highest BCUT2D eigenvalue weighted by Gasteiger charge is 2.23. The van der Waals surface area contributed by atoms with Gasteiger partial charge in [-0.1, -0.05) is 64.5 Å². The standard InChI is InChI=1S/C26H42O/c1-4-6-21-8-10-23(11-9-21)19-27-26-17-16-25(18-20(26)3)24-14-12-22(7-5-2)13-15-24/h16-18,21-24H,4-15,19H2,1-3H3/t21-,22-,23-,24-. The zero-order valence-corrected chi connectivity index (χ0v) is 18.1. The van der Waals surface area contributed by atoms with E-state index in [0.29, 0.717) is 0 Å². The Morgan fingerprint density at radius 1 is 0.778 bits per heavy atom. The molecular formula is C26H42O. The molecule has 2 aliphatic rings. The van der Waals surface area contributed by atoms with Crippen LogP contribution in [0.25, 0.3) is 0 Å². The predicted molar refractivity (Wildman–Crippen MR) is 117 cm³/mol. The molecule has 1 heteroatoms. The van der Waals surface area contributed by atoms with Crippen LogP contribution in [0.1, 0.15) is 108 Å². The monoisotopic (exact) mass is 370 g/mol. The molecule has 3 rings (SSSR count). The van der Waals surface area contributed by atoms with E-state index in [9.17, 15) is 0 Å². The summed E-state index contributed by atoms with van der Waals surface area (Å²) >= 11 is 0. The van der Waals surface area contributed by atoms with Crippen LogP contribution in [0.4, 0.5) is 0 Å². The van der Waals surface area contributed by atoms with Crippen molar-refractivity contribution in [3.05, 3.63) is 29.3 Å². The van der Waals surface area contributed by atoms with E-state index in [1.165, 1.54) is 82.6 Å². The van der Waals surface area contributed by atoms with Gasteiger partial charge in [0.15, 0.2) is 0 Å². The van der Waals surface area contributed by atoms with Gasteiger partial charge in [-0.2, -0.15) is 0 Å². The molecular weight excluding hydrogens is 328 g/mol. The minimum Gasteiger partial charge on any atom is -0.493 e. The Morgan fingerprint density at radius 3 is 1.89 bits per heavy atom. The average Bonchev–Trinajstić information content (AvgIpc) is 2.69. The number of hydrogen-bond acceptors (Lipinski definition) is 1. The van der Waals surface area contributed by atoms with Gasteiger partial charge in [-0.25, -0.2) is 0 Å². The maximum atomic E-state index is 6.26. The van der Waals surface area contributed by atoms with Crippen LogP contribution in [0.5, 0.6) is 5.75 Å². The fourth-order valence-electron chi connectivity index (χ4n) is 5.58. The van der Waals surface area contributed by atoms with E-state index in [1.807, 2.05) is 0 Å². The molecule has 27 heavy (non-hydrogen) atoms. The Balaban J connectivity index is 1.46. The summed E-state index contributed by atoms with van der Waals surface area (Å²) in [6, 6.07) is 7.02. The lowest BCUT2D eigenvalue weighted by atomic mass is 9.77. The normalized spacial score (nSPS) is 28.9. The molecule has 0 bridgehead atoms. The van der Waals surface area contributed by atoms with Crippen molar-refractivity contribution in [2.75, 3.05) is 6.61 Å². The fourth-order valence-corrected chi connectivity index (χ4v) is 5.58. The maximum Gasteiger partial charge on any atom is 0.122 e. The van der Waals surface area contributed by atoms with Gasteiger partial charge in [0.05, 0.1) is 6.61 Å². The Hall–Kier alpha value is -0.980. The van der Waals surface area contributed by atoms with Crippen LogP contribution in [0, 0.1) is 24.7 Å². The van der Waals surface area contributed by atoms with E-state index in [1.54, 1.807) is 5.56 Å². The van der Waals surface area contributed by atoms with Gasteiger partial charge in [-0.3, -0.25) is 0 Å². The van der Waals surface area contributed by atoms with Crippen molar-refractivity contribution in [3.63, 3.8) is 0 Å². The van der Waals surface area contributed by atoms with E-state index in [0.717, 1.165) is 36.0 Å². The molecule has 0 atom stereocenters. The molecule has 2 aliphatic carbocycles. The molecule has 1 aromatic rings. The van der Waals surface area contributed by atoms with Crippen LogP contribution in [0.15, 0.2) is 18.2 Å². The first-order valence-electron chi connectivity index (χ1n) is 11.9. The first-order chi connectivity index (χ1) is 13.2. The summed E-state index contributed by atoms with van der Waals surface area (Å²) in [5.74, 6) is 4.64. The molecule has 0 saturated heterocycles. The third-order valence-electron chi connectivity index (χ3n) is 7.35. The molecule has 0 N–H and O–H groups in total. The third kappa shape index (κ3) is 6.00. The number of aryl methyl sites for hydroxylation is 1. The lowest BCUT2D eigenvalue weighted by molar-refractivity contribution is 0.178. The number of ether oxygens (including phenoxy) is 1. The number of hydrogen-bond donors (Lipinski definition) is 0. The van der Waals surface area contributed by atoms with Crippen molar-refractivity contribution in [2.24, 2.45) is 17.8 Å². The molecule has 0 aromatic heterocycles. The molecule has 0 spiro atoms. The first kappa shape index (κ1) is 20.7. The highest BCUT2D eigenvalue weighted by Crippen LogP contribution is 2.39. The molecule has 0 heterocycles. The van der Waals surface area contributed by atoms with E-state index in [-0.39, 0.29) is 0 Å². The quantitative estimate of drug-likeness (QED) is 0.449. The topological polar surface area (TPSA) is 9.23 Å².